The Balaban J connectivity index is 1.64. The molecule has 0 spiro atoms. The molecule has 3 aromatic rings. The van der Waals surface area contributed by atoms with E-state index >= 15 is 0 Å². The van der Waals surface area contributed by atoms with Gasteiger partial charge in [0.15, 0.2) is 11.6 Å². The number of aromatic nitrogens is 3. The van der Waals surface area contributed by atoms with Gasteiger partial charge in [-0.3, -0.25) is 9.56 Å². The highest BCUT2D eigenvalue weighted by Crippen LogP contribution is 2.33. The third kappa shape index (κ3) is 3.47. The van der Waals surface area contributed by atoms with Gasteiger partial charge in [0.25, 0.3) is 0 Å². The Bertz CT molecular complexity index is 1080. The molecule has 0 amide bonds. The van der Waals surface area contributed by atoms with E-state index in [0.717, 1.165) is 41.1 Å². The van der Waals surface area contributed by atoms with Crippen molar-refractivity contribution in [2.75, 3.05) is 6.54 Å². The van der Waals surface area contributed by atoms with Gasteiger partial charge in [0.2, 0.25) is 0 Å². The summed E-state index contributed by atoms with van der Waals surface area (Å²) in [5.74, 6) is 3.14. The fourth-order valence-corrected chi connectivity index (χ4v) is 4.34. The monoisotopic (exact) mass is 399 g/mol. The van der Waals surface area contributed by atoms with E-state index < -0.39 is 0 Å². The first kappa shape index (κ1) is 19.2. The molecule has 0 saturated heterocycles. The SMILES string of the molecule is Cc1cccc2c1C(c1ccccc1)=NCc1nnc(C(NCC3CC3)C(C)C)n1-2. The summed E-state index contributed by atoms with van der Waals surface area (Å²) in [7, 11) is 0. The van der Waals surface area contributed by atoms with Crippen molar-refractivity contribution in [1.29, 1.82) is 0 Å². The number of aliphatic imine (C=N–C) groups is 1. The number of nitrogens with zero attached hydrogens (tertiary/aromatic N) is 4. The van der Waals surface area contributed by atoms with Gasteiger partial charge < -0.3 is 5.32 Å². The Morgan fingerprint density at radius 1 is 1.03 bits per heavy atom. The highest BCUT2D eigenvalue weighted by molar-refractivity contribution is 6.16. The molecule has 1 unspecified atom stereocenters. The predicted octanol–water partition coefficient (Wildman–Crippen LogP) is 4.62. The van der Waals surface area contributed by atoms with Crippen molar-refractivity contribution in [3.8, 4) is 5.69 Å². The van der Waals surface area contributed by atoms with E-state index in [2.05, 4.69) is 83.3 Å². The van der Waals surface area contributed by atoms with Gasteiger partial charge in [-0.15, -0.1) is 10.2 Å². The minimum atomic E-state index is 0.165. The fraction of sp³-hybridized carbons (Fsp3) is 0.400. The molecule has 0 radical (unpaired) electrons. The van der Waals surface area contributed by atoms with Crippen molar-refractivity contribution in [2.24, 2.45) is 16.8 Å². The number of fused-ring (bicyclic) bond motifs is 3. The van der Waals surface area contributed by atoms with E-state index in [4.69, 9.17) is 4.99 Å². The maximum Gasteiger partial charge on any atom is 0.159 e. The van der Waals surface area contributed by atoms with Crippen LogP contribution in [0.2, 0.25) is 0 Å². The van der Waals surface area contributed by atoms with Crippen LogP contribution in [0.4, 0.5) is 0 Å². The average molecular weight is 400 g/mol. The second-order valence-corrected chi connectivity index (χ2v) is 8.88. The van der Waals surface area contributed by atoms with Crippen LogP contribution in [0.15, 0.2) is 53.5 Å². The first-order chi connectivity index (χ1) is 14.6. The lowest BCUT2D eigenvalue weighted by atomic mass is 9.96. The Kier molecular flexibility index (Phi) is 4.99. The van der Waals surface area contributed by atoms with Crippen molar-refractivity contribution >= 4 is 5.71 Å². The summed E-state index contributed by atoms with van der Waals surface area (Å²) in [4.78, 5) is 5.01. The molecule has 2 aromatic carbocycles. The molecule has 1 N–H and O–H groups in total. The number of hydrogen-bond donors (Lipinski definition) is 1. The largest absolute Gasteiger partial charge is 0.307 e. The van der Waals surface area contributed by atoms with E-state index in [1.807, 2.05) is 6.07 Å². The highest BCUT2D eigenvalue weighted by atomic mass is 15.3. The molecule has 1 atom stereocenters. The van der Waals surface area contributed by atoms with Crippen LogP contribution in [0.5, 0.6) is 0 Å². The molecule has 0 bridgehead atoms. The molecule has 5 heteroatoms. The molecular weight excluding hydrogens is 370 g/mol. The van der Waals surface area contributed by atoms with Crippen LogP contribution in [0, 0.1) is 18.8 Å². The van der Waals surface area contributed by atoms with Crippen LogP contribution in [0.25, 0.3) is 5.69 Å². The van der Waals surface area contributed by atoms with Crippen LogP contribution in [0.1, 0.15) is 61.1 Å². The minimum absolute atomic E-state index is 0.165. The Hall–Kier alpha value is -2.79. The molecule has 154 valence electrons. The molecular formula is C25H29N5. The zero-order valence-electron chi connectivity index (χ0n) is 18.0. The van der Waals surface area contributed by atoms with Crippen LogP contribution in [-0.4, -0.2) is 27.0 Å². The van der Waals surface area contributed by atoms with Gasteiger partial charge in [0.05, 0.1) is 17.4 Å². The lowest BCUT2D eigenvalue weighted by Crippen LogP contribution is -2.30. The molecule has 30 heavy (non-hydrogen) atoms. The van der Waals surface area contributed by atoms with E-state index in [1.54, 1.807) is 0 Å². The molecule has 5 nitrogen and oxygen atoms in total. The molecule has 2 aliphatic rings. The molecule has 1 saturated carbocycles. The maximum absolute atomic E-state index is 5.01. The smallest absolute Gasteiger partial charge is 0.159 e. The van der Waals surface area contributed by atoms with E-state index in [9.17, 15) is 0 Å². The summed E-state index contributed by atoms with van der Waals surface area (Å²) in [5.41, 5.74) is 5.69. The van der Waals surface area contributed by atoms with Gasteiger partial charge in [-0.25, -0.2) is 0 Å². The topological polar surface area (TPSA) is 55.1 Å². The normalized spacial score (nSPS) is 16.6. The predicted molar refractivity (Wildman–Crippen MR) is 120 cm³/mol. The molecule has 1 aromatic heterocycles. The number of hydrogen-bond acceptors (Lipinski definition) is 4. The quantitative estimate of drug-likeness (QED) is 0.658. The van der Waals surface area contributed by atoms with Crippen LogP contribution >= 0.6 is 0 Å². The van der Waals surface area contributed by atoms with Crippen LogP contribution in [-0.2, 0) is 6.54 Å². The number of rotatable bonds is 6. The Labute approximate surface area is 178 Å². The summed E-state index contributed by atoms with van der Waals surface area (Å²) in [6, 6.07) is 17.1. The van der Waals surface area contributed by atoms with Gasteiger partial charge in [0.1, 0.15) is 6.54 Å². The summed E-state index contributed by atoms with van der Waals surface area (Å²) in [6.07, 6.45) is 2.68. The number of benzene rings is 2. The lowest BCUT2D eigenvalue weighted by Gasteiger charge is -2.24. The zero-order chi connectivity index (χ0) is 20.7. The van der Waals surface area contributed by atoms with Gasteiger partial charge in [0, 0.05) is 11.1 Å². The van der Waals surface area contributed by atoms with E-state index in [1.165, 1.54) is 24.0 Å². The molecule has 1 fully saturated rings. The fourth-order valence-electron chi connectivity index (χ4n) is 4.34. The lowest BCUT2D eigenvalue weighted by molar-refractivity contribution is 0.383. The second kappa shape index (κ2) is 7.80. The van der Waals surface area contributed by atoms with Gasteiger partial charge in [-0.2, -0.15) is 0 Å². The van der Waals surface area contributed by atoms with Crippen molar-refractivity contribution in [1.82, 2.24) is 20.1 Å². The van der Waals surface area contributed by atoms with Crippen LogP contribution in [0.3, 0.4) is 0 Å². The maximum atomic E-state index is 5.01. The van der Waals surface area contributed by atoms with E-state index in [0.29, 0.717) is 12.5 Å². The summed E-state index contributed by atoms with van der Waals surface area (Å²) in [6.45, 7) is 8.26. The zero-order valence-corrected chi connectivity index (χ0v) is 18.0. The van der Waals surface area contributed by atoms with Crippen molar-refractivity contribution in [3.63, 3.8) is 0 Å². The van der Waals surface area contributed by atoms with Crippen molar-refractivity contribution in [2.45, 2.75) is 46.2 Å². The summed E-state index contributed by atoms with van der Waals surface area (Å²) < 4.78 is 2.26. The second-order valence-electron chi connectivity index (χ2n) is 8.88. The van der Waals surface area contributed by atoms with Gasteiger partial charge >= 0.3 is 0 Å². The average Bonchev–Trinajstić information content (AvgIpc) is 3.51. The van der Waals surface area contributed by atoms with Crippen molar-refractivity contribution in [3.05, 3.63) is 76.9 Å². The minimum Gasteiger partial charge on any atom is -0.307 e. The summed E-state index contributed by atoms with van der Waals surface area (Å²) in [5, 5.41) is 13.0. The first-order valence-corrected chi connectivity index (χ1v) is 11.0. The number of aryl methyl sites for hydroxylation is 1. The van der Waals surface area contributed by atoms with Crippen molar-refractivity contribution < 1.29 is 0 Å². The molecule has 1 aliphatic carbocycles. The Morgan fingerprint density at radius 2 is 1.83 bits per heavy atom. The van der Waals surface area contributed by atoms with Crippen LogP contribution < -0.4 is 5.32 Å². The standard InChI is InChI=1S/C25H29N5/c1-16(2)23(26-14-18-12-13-18)25-29-28-21-15-27-24(19-9-5-4-6-10-19)22-17(3)8-7-11-20(22)30(21)25/h4-11,16,18,23,26H,12-15H2,1-3H3. The summed E-state index contributed by atoms with van der Waals surface area (Å²) >= 11 is 0. The van der Waals surface area contributed by atoms with Gasteiger partial charge in [-0.1, -0.05) is 56.3 Å². The third-order valence-corrected chi connectivity index (χ3v) is 6.18. The Morgan fingerprint density at radius 3 is 2.57 bits per heavy atom. The highest BCUT2D eigenvalue weighted by Gasteiger charge is 2.30. The molecule has 2 heterocycles. The molecule has 5 rings (SSSR count). The van der Waals surface area contributed by atoms with Gasteiger partial charge in [-0.05, 0) is 49.8 Å². The third-order valence-electron chi connectivity index (χ3n) is 6.18. The number of nitrogens with one attached hydrogen (secondary N) is 1. The van der Waals surface area contributed by atoms with E-state index in [-0.39, 0.29) is 6.04 Å². The first-order valence-electron chi connectivity index (χ1n) is 11.0. The molecule has 1 aliphatic heterocycles.